The van der Waals surface area contributed by atoms with Gasteiger partial charge in [-0.2, -0.15) is 0 Å². The van der Waals surface area contributed by atoms with Gasteiger partial charge in [0.15, 0.2) is 41.7 Å². The number of phenols is 4. The van der Waals surface area contributed by atoms with Crippen molar-refractivity contribution < 1.29 is 74.4 Å². The molecular weight excluding hydrogens is 588 g/mol. The number of phenolic OH excluding ortho intramolecular Hbond substituents is 4. The van der Waals surface area contributed by atoms with E-state index in [0.29, 0.717) is 11.1 Å². The minimum Gasteiger partial charge on any atom is -0.504 e. The lowest BCUT2D eigenvalue weighted by Crippen LogP contribution is -2.62. The van der Waals surface area contributed by atoms with Gasteiger partial charge in [-0.1, -0.05) is 12.1 Å². The fourth-order valence-corrected chi connectivity index (χ4v) is 4.66. The third-order valence-corrected chi connectivity index (χ3v) is 7.25. The highest BCUT2D eigenvalue weighted by Crippen LogP contribution is 2.29. The van der Waals surface area contributed by atoms with Gasteiger partial charge in [-0.3, -0.25) is 0 Å². The van der Waals surface area contributed by atoms with Gasteiger partial charge in [-0.25, -0.2) is 4.79 Å². The van der Waals surface area contributed by atoms with Crippen LogP contribution in [0.25, 0.3) is 6.08 Å². The molecule has 2 aliphatic rings. The van der Waals surface area contributed by atoms with Gasteiger partial charge >= 0.3 is 5.97 Å². The Hall–Kier alpha value is -3.51. The number of aromatic hydroxyl groups is 4. The second-order valence-electron chi connectivity index (χ2n) is 10.5. The predicted molar refractivity (Wildman–Crippen MR) is 147 cm³/mol. The first-order chi connectivity index (χ1) is 20.8. The molecule has 2 aromatic carbocycles. The van der Waals surface area contributed by atoms with Gasteiger partial charge in [0.25, 0.3) is 0 Å². The largest absolute Gasteiger partial charge is 0.504 e. The molecular formula is C29H36O15. The molecule has 0 bridgehead atoms. The van der Waals surface area contributed by atoms with Crippen LogP contribution in [0.15, 0.2) is 42.5 Å². The van der Waals surface area contributed by atoms with Gasteiger partial charge in [-0.05, 0) is 54.8 Å². The molecule has 0 radical (unpaired) electrons. The lowest BCUT2D eigenvalue weighted by atomic mass is 9.98. The fraction of sp³-hybridized carbons (Fsp3) is 0.483. The molecule has 10 atom stereocenters. The average Bonchev–Trinajstić information content (AvgIpc) is 2.99. The van der Waals surface area contributed by atoms with Crippen molar-refractivity contribution >= 4 is 12.0 Å². The van der Waals surface area contributed by atoms with Gasteiger partial charge in [0.1, 0.15) is 36.6 Å². The Bertz CT molecular complexity index is 1300. The van der Waals surface area contributed by atoms with Crippen molar-refractivity contribution in [2.75, 3.05) is 13.2 Å². The molecule has 0 amide bonds. The van der Waals surface area contributed by atoms with Crippen LogP contribution in [0.2, 0.25) is 0 Å². The van der Waals surface area contributed by atoms with Crippen molar-refractivity contribution in [2.24, 2.45) is 0 Å². The highest BCUT2D eigenvalue weighted by atomic mass is 16.7. The molecule has 9 N–H and O–H groups in total. The van der Waals surface area contributed by atoms with Crippen molar-refractivity contribution in [1.82, 2.24) is 0 Å². The Balaban J connectivity index is 1.45. The topological polar surface area (TPSA) is 245 Å². The van der Waals surface area contributed by atoms with E-state index in [4.69, 9.17) is 23.7 Å². The molecule has 44 heavy (non-hydrogen) atoms. The molecule has 2 fully saturated rings. The summed E-state index contributed by atoms with van der Waals surface area (Å²) >= 11 is 0. The zero-order valence-corrected chi connectivity index (χ0v) is 23.5. The van der Waals surface area contributed by atoms with E-state index < -0.39 is 79.7 Å². The summed E-state index contributed by atoms with van der Waals surface area (Å²) in [4.78, 5) is 12.7. The summed E-state index contributed by atoms with van der Waals surface area (Å²) in [6, 6.07) is 8.00. The Morgan fingerprint density at radius 1 is 0.773 bits per heavy atom. The number of benzene rings is 2. The van der Waals surface area contributed by atoms with Crippen LogP contribution in [0.3, 0.4) is 0 Å². The Morgan fingerprint density at radius 2 is 1.41 bits per heavy atom. The Labute approximate surface area is 251 Å². The van der Waals surface area contributed by atoms with E-state index in [2.05, 4.69) is 0 Å². The molecule has 15 nitrogen and oxygen atoms in total. The first-order valence-corrected chi connectivity index (χ1v) is 13.7. The average molecular weight is 625 g/mol. The van der Waals surface area contributed by atoms with E-state index in [-0.39, 0.29) is 30.3 Å². The Morgan fingerprint density at radius 3 is 2.09 bits per heavy atom. The molecule has 0 unspecified atom stereocenters. The maximum atomic E-state index is 12.7. The monoisotopic (exact) mass is 624 g/mol. The van der Waals surface area contributed by atoms with Crippen molar-refractivity contribution in [1.29, 1.82) is 0 Å². The lowest BCUT2D eigenvalue weighted by Gasteiger charge is -2.43. The summed E-state index contributed by atoms with van der Waals surface area (Å²) < 4.78 is 27.8. The molecule has 2 saturated heterocycles. The highest BCUT2D eigenvalue weighted by molar-refractivity contribution is 5.87. The number of hydrogen-bond acceptors (Lipinski definition) is 15. The summed E-state index contributed by atoms with van der Waals surface area (Å²) in [5.41, 5.74) is 0.927. The van der Waals surface area contributed by atoms with Gasteiger partial charge < -0.3 is 69.6 Å². The third-order valence-electron chi connectivity index (χ3n) is 7.25. The normalized spacial score (nSPS) is 32.5. The molecule has 2 heterocycles. The first-order valence-electron chi connectivity index (χ1n) is 13.7. The lowest BCUT2D eigenvalue weighted by molar-refractivity contribution is -0.328. The first kappa shape index (κ1) is 33.4. The maximum absolute atomic E-state index is 12.7. The molecule has 242 valence electrons. The number of aliphatic hydroxyl groups excluding tert-OH is 5. The molecule has 0 saturated carbocycles. The van der Waals surface area contributed by atoms with Gasteiger partial charge in [-0.15, -0.1) is 0 Å². The van der Waals surface area contributed by atoms with Gasteiger partial charge in [0.2, 0.25) is 0 Å². The molecule has 2 aliphatic heterocycles. The number of ether oxygens (including phenoxy) is 5. The molecule has 4 rings (SSSR count). The number of carbonyl (C=O) groups is 1. The summed E-state index contributed by atoms with van der Waals surface area (Å²) in [7, 11) is 0. The quantitative estimate of drug-likeness (QED) is 0.0873. The minimum absolute atomic E-state index is 0.0645. The van der Waals surface area contributed by atoms with Crippen molar-refractivity contribution in [3.63, 3.8) is 0 Å². The number of carbonyl (C=O) groups excluding carboxylic acids is 1. The van der Waals surface area contributed by atoms with Crippen molar-refractivity contribution in [3.05, 3.63) is 53.6 Å². The number of esters is 1. The van der Waals surface area contributed by atoms with Crippen LogP contribution in [-0.4, -0.2) is 127 Å². The smallest absolute Gasteiger partial charge is 0.331 e. The van der Waals surface area contributed by atoms with E-state index in [1.165, 1.54) is 43.3 Å². The Kier molecular flexibility index (Phi) is 11.0. The van der Waals surface area contributed by atoms with Crippen LogP contribution in [0.5, 0.6) is 23.0 Å². The summed E-state index contributed by atoms with van der Waals surface area (Å²) in [6.45, 7) is 0.890. The van der Waals surface area contributed by atoms with Crippen LogP contribution >= 0.6 is 0 Å². The zero-order valence-electron chi connectivity index (χ0n) is 23.5. The van der Waals surface area contributed by atoms with Crippen LogP contribution < -0.4 is 0 Å². The van der Waals surface area contributed by atoms with E-state index in [0.717, 1.165) is 6.08 Å². The summed E-state index contributed by atoms with van der Waals surface area (Å²) in [5, 5.41) is 90.3. The van der Waals surface area contributed by atoms with Gasteiger partial charge in [0.05, 0.1) is 19.3 Å². The molecule has 0 spiro atoms. The highest BCUT2D eigenvalue weighted by Gasteiger charge is 2.49. The zero-order chi connectivity index (χ0) is 32.1. The van der Waals surface area contributed by atoms with E-state index in [9.17, 15) is 50.8 Å². The van der Waals surface area contributed by atoms with Crippen LogP contribution in [0.1, 0.15) is 18.1 Å². The number of aliphatic hydroxyl groups is 5. The van der Waals surface area contributed by atoms with Crippen LogP contribution in [-0.2, 0) is 34.9 Å². The fourth-order valence-electron chi connectivity index (χ4n) is 4.66. The molecule has 0 aromatic heterocycles. The molecule has 2 aromatic rings. The van der Waals surface area contributed by atoms with E-state index >= 15 is 0 Å². The van der Waals surface area contributed by atoms with Crippen LogP contribution in [0, 0.1) is 0 Å². The van der Waals surface area contributed by atoms with Gasteiger partial charge in [0, 0.05) is 6.08 Å². The van der Waals surface area contributed by atoms with Crippen LogP contribution in [0.4, 0.5) is 0 Å². The second kappa shape index (κ2) is 14.5. The minimum atomic E-state index is -1.75. The predicted octanol–water partition coefficient (Wildman–Crippen LogP) is -1.02. The standard InChI is InChI=1S/C29H36O15/c1-13-22(35)23(36)25(38)29(42-13)41-12-20-27(44-21(34)7-4-14-2-5-16(30)18(32)10-14)24(37)26(39)28(43-20)40-9-8-15-3-6-17(31)19(33)11-15/h2-7,10-11,13,20,22-33,35-39H,8-9,12H2,1H3/t13-,20+,22-,23+,24-,25+,26+,27+,28+,29+/m0/s1. The molecule has 15 heteroatoms. The molecule has 0 aliphatic carbocycles. The summed E-state index contributed by atoms with van der Waals surface area (Å²) in [5.74, 6) is -2.37. The van der Waals surface area contributed by atoms with E-state index in [1.807, 2.05) is 0 Å². The second-order valence-corrected chi connectivity index (χ2v) is 10.5. The summed E-state index contributed by atoms with van der Waals surface area (Å²) in [6.07, 6.45) is -12.2. The van der Waals surface area contributed by atoms with Crippen molar-refractivity contribution in [3.8, 4) is 23.0 Å². The SMILES string of the molecule is C[C@@H]1O[C@@H](OC[C@H]2O[C@@H](OCCc3ccc(O)c(O)c3)[C@H](O)[C@H](O)[C@@H]2OC(=O)C=Cc2ccc(O)c(O)c2)[C@H](O)[C@H](O)[C@H]1O. The maximum Gasteiger partial charge on any atom is 0.331 e. The number of rotatable bonds is 10. The van der Waals surface area contributed by atoms with Crippen molar-refractivity contribution in [2.45, 2.75) is 74.8 Å². The van der Waals surface area contributed by atoms with E-state index in [1.54, 1.807) is 6.07 Å². The number of hydrogen-bond donors (Lipinski definition) is 9. The third kappa shape index (κ3) is 7.95.